The highest BCUT2D eigenvalue weighted by atomic mass is 32.2. The van der Waals surface area contributed by atoms with E-state index in [1.807, 2.05) is 12.1 Å². The summed E-state index contributed by atoms with van der Waals surface area (Å²) in [4.78, 5) is 2.63. The normalized spacial score (nSPS) is 12.4. The first-order valence-electron chi connectivity index (χ1n) is 5.85. The van der Waals surface area contributed by atoms with E-state index in [0.717, 1.165) is 31.9 Å². The third-order valence-electron chi connectivity index (χ3n) is 2.57. The summed E-state index contributed by atoms with van der Waals surface area (Å²) in [5.74, 6) is 0. The monoisotopic (exact) mass is 256 g/mol. The highest BCUT2D eigenvalue weighted by Crippen LogP contribution is 2.17. The van der Waals surface area contributed by atoms with Crippen molar-refractivity contribution in [2.75, 3.05) is 31.1 Å². The van der Waals surface area contributed by atoms with Crippen LogP contribution in [0.3, 0.4) is 0 Å². The average molecular weight is 256 g/mol. The summed E-state index contributed by atoms with van der Waals surface area (Å²) in [5.41, 5.74) is 0.991. The summed E-state index contributed by atoms with van der Waals surface area (Å²) in [6, 6.07) is 7.21. The van der Waals surface area contributed by atoms with Crippen molar-refractivity contribution < 1.29 is 8.76 Å². The number of nitrogens with one attached hydrogen (secondary N) is 1. The van der Waals surface area contributed by atoms with Gasteiger partial charge in [0, 0.05) is 25.3 Å². The van der Waals surface area contributed by atoms with E-state index in [4.69, 9.17) is 4.55 Å². The Kier molecular flexibility index (Phi) is 6.18. The van der Waals surface area contributed by atoms with E-state index >= 15 is 0 Å². The van der Waals surface area contributed by atoms with E-state index in [2.05, 4.69) is 24.1 Å². The van der Waals surface area contributed by atoms with Crippen molar-refractivity contribution in [3.05, 3.63) is 24.3 Å². The molecule has 5 heteroatoms. The van der Waals surface area contributed by atoms with E-state index in [1.54, 1.807) is 12.1 Å². The minimum atomic E-state index is -1.91. The molecular formula is C12H20N2O2S. The van der Waals surface area contributed by atoms with Crippen molar-refractivity contribution in [2.24, 2.45) is 0 Å². The Labute approximate surface area is 105 Å². The predicted molar refractivity (Wildman–Crippen MR) is 71.9 cm³/mol. The Morgan fingerprint density at radius 3 is 2.76 bits per heavy atom. The standard InChI is InChI=1S/C12H20N2O2S/c1-3-13-8-9-14(4-2)11-6-5-7-12(10-11)17(15)16/h5-7,10,13H,3-4,8-9H2,1-2H3,(H,15,16). The van der Waals surface area contributed by atoms with Gasteiger partial charge in [-0.2, -0.15) is 0 Å². The Bertz CT molecular complexity index is 371. The van der Waals surface area contributed by atoms with Gasteiger partial charge in [-0.1, -0.05) is 13.0 Å². The third-order valence-corrected chi connectivity index (χ3v) is 3.23. The van der Waals surface area contributed by atoms with Gasteiger partial charge in [0.2, 0.25) is 0 Å². The number of benzene rings is 1. The molecule has 0 bridgehead atoms. The Morgan fingerprint density at radius 1 is 1.41 bits per heavy atom. The number of rotatable bonds is 7. The van der Waals surface area contributed by atoms with Gasteiger partial charge in [0.05, 0.1) is 4.90 Å². The van der Waals surface area contributed by atoms with Crippen LogP contribution in [-0.4, -0.2) is 34.9 Å². The molecule has 17 heavy (non-hydrogen) atoms. The molecule has 0 heterocycles. The fraction of sp³-hybridized carbons (Fsp3) is 0.500. The van der Waals surface area contributed by atoms with Crippen LogP contribution in [0.25, 0.3) is 0 Å². The molecule has 1 aromatic carbocycles. The molecule has 0 aromatic heterocycles. The second-order valence-corrected chi connectivity index (χ2v) is 4.65. The molecule has 96 valence electrons. The van der Waals surface area contributed by atoms with Crippen LogP contribution in [0.4, 0.5) is 5.69 Å². The van der Waals surface area contributed by atoms with Gasteiger partial charge in [-0.3, -0.25) is 0 Å². The van der Waals surface area contributed by atoms with Crippen LogP contribution in [0.2, 0.25) is 0 Å². The van der Waals surface area contributed by atoms with E-state index < -0.39 is 11.1 Å². The second-order valence-electron chi connectivity index (χ2n) is 3.68. The van der Waals surface area contributed by atoms with Crippen LogP contribution >= 0.6 is 0 Å². The highest BCUT2D eigenvalue weighted by Gasteiger charge is 2.06. The molecule has 0 aliphatic carbocycles. The maximum Gasteiger partial charge on any atom is 0.186 e. The van der Waals surface area contributed by atoms with Crippen molar-refractivity contribution in [1.29, 1.82) is 0 Å². The number of anilines is 1. The topological polar surface area (TPSA) is 52.6 Å². The van der Waals surface area contributed by atoms with Crippen molar-refractivity contribution in [1.82, 2.24) is 5.32 Å². The summed E-state index contributed by atoms with van der Waals surface area (Å²) in [7, 11) is 0. The third kappa shape index (κ3) is 4.46. The largest absolute Gasteiger partial charge is 0.371 e. The van der Waals surface area contributed by atoms with Crippen molar-refractivity contribution in [3.8, 4) is 0 Å². The Morgan fingerprint density at radius 2 is 2.18 bits per heavy atom. The molecule has 0 aliphatic heterocycles. The van der Waals surface area contributed by atoms with Crippen LogP contribution < -0.4 is 10.2 Å². The number of hydrogen-bond donors (Lipinski definition) is 2. The zero-order valence-electron chi connectivity index (χ0n) is 10.3. The molecule has 0 saturated carbocycles. The van der Waals surface area contributed by atoms with E-state index in [-0.39, 0.29) is 0 Å². The van der Waals surface area contributed by atoms with E-state index in [9.17, 15) is 4.21 Å². The van der Waals surface area contributed by atoms with Crippen molar-refractivity contribution in [2.45, 2.75) is 18.7 Å². The van der Waals surface area contributed by atoms with Gasteiger partial charge in [-0.15, -0.1) is 0 Å². The molecule has 0 saturated heterocycles. The smallest absolute Gasteiger partial charge is 0.186 e. The van der Waals surface area contributed by atoms with Gasteiger partial charge in [0.1, 0.15) is 0 Å². The minimum absolute atomic E-state index is 0.449. The molecule has 1 unspecified atom stereocenters. The first kappa shape index (κ1) is 14.2. The molecule has 4 nitrogen and oxygen atoms in total. The molecule has 1 aromatic rings. The van der Waals surface area contributed by atoms with Crippen LogP contribution in [-0.2, 0) is 11.1 Å². The molecule has 2 N–H and O–H groups in total. The lowest BCUT2D eigenvalue weighted by molar-refractivity contribution is 0.564. The van der Waals surface area contributed by atoms with Gasteiger partial charge in [-0.25, -0.2) is 4.21 Å². The van der Waals surface area contributed by atoms with Gasteiger partial charge in [0.15, 0.2) is 11.1 Å². The van der Waals surface area contributed by atoms with Gasteiger partial charge in [0.25, 0.3) is 0 Å². The lowest BCUT2D eigenvalue weighted by Gasteiger charge is -2.23. The van der Waals surface area contributed by atoms with Crippen molar-refractivity contribution in [3.63, 3.8) is 0 Å². The molecule has 1 atom stereocenters. The van der Waals surface area contributed by atoms with Crippen molar-refractivity contribution >= 4 is 16.8 Å². The predicted octanol–water partition coefficient (Wildman–Crippen LogP) is 1.70. The van der Waals surface area contributed by atoms with Gasteiger partial charge >= 0.3 is 0 Å². The zero-order chi connectivity index (χ0) is 12.7. The number of likely N-dealkylation sites (N-methyl/N-ethyl adjacent to an activating group) is 2. The molecule has 1 rings (SSSR count). The molecule has 0 spiro atoms. The highest BCUT2D eigenvalue weighted by molar-refractivity contribution is 7.79. The molecular weight excluding hydrogens is 236 g/mol. The van der Waals surface area contributed by atoms with E-state index in [0.29, 0.717) is 4.90 Å². The summed E-state index contributed by atoms with van der Waals surface area (Å²) >= 11 is -1.91. The lowest BCUT2D eigenvalue weighted by Crippen LogP contribution is -2.31. The van der Waals surface area contributed by atoms with Gasteiger partial charge < -0.3 is 14.8 Å². The van der Waals surface area contributed by atoms with Gasteiger partial charge in [-0.05, 0) is 31.7 Å². The van der Waals surface area contributed by atoms with Crippen LogP contribution in [0, 0.1) is 0 Å². The molecule has 0 amide bonds. The maximum absolute atomic E-state index is 11.0. The Hall–Kier alpha value is -0.910. The SMILES string of the molecule is CCNCCN(CC)c1cccc(S(=O)O)c1. The maximum atomic E-state index is 11.0. The fourth-order valence-corrected chi connectivity index (χ4v) is 2.07. The summed E-state index contributed by atoms with van der Waals surface area (Å²) < 4.78 is 20.1. The quantitative estimate of drug-likeness (QED) is 0.576. The van der Waals surface area contributed by atoms with E-state index in [1.165, 1.54) is 0 Å². The average Bonchev–Trinajstić information content (AvgIpc) is 2.35. The zero-order valence-corrected chi connectivity index (χ0v) is 11.2. The van der Waals surface area contributed by atoms with Crippen LogP contribution in [0.1, 0.15) is 13.8 Å². The first-order valence-corrected chi connectivity index (χ1v) is 6.96. The lowest BCUT2D eigenvalue weighted by atomic mass is 10.3. The number of nitrogens with zero attached hydrogens (tertiary/aromatic N) is 1. The van der Waals surface area contributed by atoms with Crippen LogP contribution in [0.5, 0.6) is 0 Å². The molecule has 0 aliphatic rings. The Balaban J connectivity index is 2.73. The number of hydrogen-bond acceptors (Lipinski definition) is 3. The summed E-state index contributed by atoms with van der Waals surface area (Å²) in [5, 5.41) is 3.27. The molecule has 0 radical (unpaired) electrons. The minimum Gasteiger partial charge on any atom is -0.371 e. The second kappa shape index (κ2) is 7.42. The molecule has 0 fully saturated rings. The summed E-state index contributed by atoms with van der Waals surface area (Å²) in [6.45, 7) is 7.80. The van der Waals surface area contributed by atoms with Crippen LogP contribution in [0.15, 0.2) is 29.2 Å². The first-order chi connectivity index (χ1) is 8.19. The fourth-order valence-electron chi connectivity index (χ4n) is 1.65. The summed E-state index contributed by atoms with van der Waals surface area (Å²) in [6.07, 6.45) is 0.